The maximum absolute atomic E-state index is 13.0. The van der Waals surface area contributed by atoms with Crippen molar-refractivity contribution in [2.45, 2.75) is 19.9 Å². The van der Waals surface area contributed by atoms with Gasteiger partial charge in [-0.2, -0.15) is 0 Å². The third kappa shape index (κ3) is 3.07. The number of aromatic nitrogens is 3. The summed E-state index contributed by atoms with van der Waals surface area (Å²) < 4.78 is 1.46. The largest absolute Gasteiger partial charge is 0.332 e. The zero-order chi connectivity index (χ0) is 20.1. The monoisotopic (exact) mass is 424 g/mol. The minimum absolute atomic E-state index is 0.0124. The molecule has 4 aromatic rings. The Hall–Kier alpha value is -2.90. The van der Waals surface area contributed by atoms with Gasteiger partial charge >= 0.3 is 0 Å². The smallest absolute Gasteiger partial charge is 0.276 e. The van der Waals surface area contributed by atoms with Gasteiger partial charge in [0, 0.05) is 33.6 Å². The summed E-state index contributed by atoms with van der Waals surface area (Å²) in [5.74, 6) is -0.0124. The van der Waals surface area contributed by atoms with E-state index < -0.39 is 0 Å². The van der Waals surface area contributed by atoms with Crippen molar-refractivity contribution in [3.8, 4) is 11.3 Å². The van der Waals surface area contributed by atoms with Crippen LogP contribution in [0.3, 0.4) is 0 Å². The summed E-state index contributed by atoms with van der Waals surface area (Å²) in [6.45, 7) is 2.82. The molecule has 0 atom stereocenters. The Morgan fingerprint density at radius 3 is 2.83 bits per heavy atom. The summed E-state index contributed by atoms with van der Waals surface area (Å²) in [6.07, 6.45) is 0.487. The van der Waals surface area contributed by atoms with Crippen molar-refractivity contribution in [2.75, 3.05) is 6.54 Å². The number of nitrogens with zero attached hydrogens (tertiary/aromatic N) is 3. The molecule has 29 heavy (non-hydrogen) atoms. The van der Waals surface area contributed by atoms with E-state index in [1.54, 1.807) is 11.0 Å². The summed E-state index contributed by atoms with van der Waals surface area (Å²) in [4.78, 5) is 34.1. The highest BCUT2D eigenvalue weighted by Gasteiger charge is 2.26. The van der Waals surface area contributed by atoms with Gasteiger partial charge in [-0.3, -0.25) is 14.7 Å². The summed E-state index contributed by atoms with van der Waals surface area (Å²) in [7, 11) is 0. The maximum Gasteiger partial charge on any atom is 0.276 e. The van der Waals surface area contributed by atoms with Crippen LogP contribution >= 0.6 is 22.9 Å². The zero-order valence-corrected chi connectivity index (χ0v) is 17.2. The first-order chi connectivity index (χ1) is 14.0. The molecule has 5 rings (SSSR count). The van der Waals surface area contributed by atoms with Gasteiger partial charge in [0.1, 0.15) is 0 Å². The van der Waals surface area contributed by atoms with E-state index in [9.17, 15) is 9.59 Å². The summed E-state index contributed by atoms with van der Waals surface area (Å²) in [5.41, 5.74) is 3.24. The van der Waals surface area contributed by atoms with Crippen molar-refractivity contribution in [2.24, 2.45) is 0 Å². The van der Waals surface area contributed by atoms with Gasteiger partial charge in [0.15, 0.2) is 5.65 Å². The number of carbonyl (C=O) groups excluding carboxylic acids is 1. The van der Waals surface area contributed by atoms with Gasteiger partial charge in [0.25, 0.3) is 11.5 Å². The molecule has 8 heteroatoms. The number of rotatable bonds is 2. The van der Waals surface area contributed by atoms with Gasteiger partial charge < -0.3 is 4.90 Å². The van der Waals surface area contributed by atoms with E-state index in [-0.39, 0.29) is 11.5 Å². The molecular formula is C21H17ClN4O2S. The van der Waals surface area contributed by atoms with E-state index in [1.165, 1.54) is 15.9 Å². The molecule has 0 saturated heterocycles. The van der Waals surface area contributed by atoms with Crippen molar-refractivity contribution >= 4 is 34.5 Å². The minimum atomic E-state index is -0.123. The predicted molar refractivity (Wildman–Crippen MR) is 114 cm³/mol. The summed E-state index contributed by atoms with van der Waals surface area (Å²) in [6, 6.07) is 13.1. The van der Waals surface area contributed by atoms with Gasteiger partial charge in [-0.1, -0.05) is 29.8 Å². The van der Waals surface area contributed by atoms with E-state index in [2.05, 4.69) is 10.1 Å². The number of benzene rings is 1. The molecule has 0 spiro atoms. The number of halogens is 1. The number of thiophene rings is 1. The van der Waals surface area contributed by atoms with E-state index in [4.69, 9.17) is 11.6 Å². The lowest BCUT2D eigenvalue weighted by Crippen LogP contribution is -2.39. The fourth-order valence-electron chi connectivity index (χ4n) is 3.69. The second kappa shape index (κ2) is 6.86. The number of carbonyl (C=O) groups is 1. The van der Waals surface area contributed by atoms with Crippen molar-refractivity contribution in [3.05, 3.63) is 78.9 Å². The molecule has 0 unspecified atom stereocenters. The SMILES string of the molecule is Cc1ccc(C(=O)N2CCc3c(nc4cc(-c5ccccc5Cl)[nH]n4c3=O)C2)s1. The topological polar surface area (TPSA) is 70.5 Å². The Morgan fingerprint density at radius 2 is 2.07 bits per heavy atom. The number of aryl methyl sites for hydroxylation is 1. The van der Waals surface area contributed by atoms with Crippen LogP contribution in [-0.4, -0.2) is 31.9 Å². The Labute approximate surface area is 175 Å². The molecule has 4 heterocycles. The van der Waals surface area contributed by atoms with Gasteiger partial charge in [-0.25, -0.2) is 9.50 Å². The molecule has 6 nitrogen and oxygen atoms in total. The molecule has 1 N–H and O–H groups in total. The normalized spacial score (nSPS) is 13.7. The van der Waals surface area contributed by atoms with Crippen molar-refractivity contribution in [3.63, 3.8) is 0 Å². The molecule has 0 saturated carbocycles. The fourth-order valence-corrected chi connectivity index (χ4v) is 4.76. The van der Waals surface area contributed by atoms with E-state index in [0.29, 0.717) is 46.3 Å². The van der Waals surface area contributed by atoms with Gasteiger partial charge in [-0.05, 0) is 31.5 Å². The lowest BCUT2D eigenvalue weighted by molar-refractivity contribution is 0.0736. The second-order valence-electron chi connectivity index (χ2n) is 7.07. The van der Waals surface area contributed by atoms with Gasteiger partial charge in [-0.15, -0.1) is 11.3 Å². The van der Waals surface area contributed by atoms with Crippen LogP contribution in [0.5, 0.6) is 0 Å². The van der Waals surface area contributed by atoms with E-state index >= 15 is 0 Å². The molecule has 1 aliphatic rings. The Kier molecular flexibility index (Phi) is 4.29. The van der Waals surface area contributed by atoms with Crippen LogP contribution in [0.15, 0.2) is 47.3 Å². The predicted octanol–water partition coefficient (Wildman–Crippen LogP) is 3.91. The average molecular weight is 425 g/mol. The quantitative estimate of drug-likeness (QED) is 0.530. The van der Waals surface area contributed by atoms with Crippen LogP contribution in [0.1, 0.15) is 25.8 Å². The fraction of sp³-hybridized carbons (Fsp3) is 0.190. The van der Waals surface area contributed by atoms with Crippen LogP contribution in [0.4, 0.5) is 0 Å². The Balaban J connectivity index is 1.54. The molecule has 0 aliphatic carbocycles. The number of hydrogen-bond donors (Lipinski definition) is 1. The highest BCUT2D eigenvalue weighted by atomic mass is 35.5. The lowest BCUT2D eigenvalue weighted by Gasteiger charge is -2.27. The first-order valence-electron chi connectivity index (χ1n) is 9.25. The standard InChI is InChI=1S/C21H17ClN4O2S/c1-12-6-7-18(29-12)21(28)25-9-8-14-17(11-25)23-19-10-16(24-26(19)20(14)27)13-4-2-3-5-15(13)22/h2-7,10,24H,8-9,11H2,1H3. The molecule has 1 amide bonds. The number of hydrogen-bond acceptors (Lipinski definition) is 4. The lowest BCUT2D eigenvalue weighted by atomic mass is 10.1. The third-order valence-electron chi connectivity index (χ3n) is 5.17. The molecule has 3 aromatic heterocycles. The average Bonchev–Trinajstić information content (AvgIpc) is 3.34. The van der Waals surface area contributed by atoms with Crippen LogP contribution in [-0.2, 0) is 13.0 Å². The Bertz CT molecular complexity index is 1320. The number of fused-ring (bicyclic) bond motifs is 2. The maximum atomic E-state index is 13.0. The zero-order valence-electron chi connectivity index (χ0n) is 15.6. The van der Waals surface area contributed by atoms with E-state index in [1.807, 2.05) is 43.3 Å². The second-order valence-corrected chi connectivity index (χ2v) is 8.77. The number of nitrogens with one attached hydrogen (secondary N) is 1. The summed E-state index contributed by atoms with van der Waals surface area (Å²) in [5, 5.41) is 3.71. The van der Waals surface area contributed by atoms with Crippen molar-refractivity contribution < 1.29 is 4.79 Å². The molecule has 0 fully saturated rings. The van der Waals surface area contributed by atoms with Gasteiger partial charge in [0.2, 0.25) is 0 Å². The highest BCUT2D eigenvalue weighted by molar-refractivity contribution is 7.13. The molecule has 1 aromatic carbocycles. The van der Waals surface area contributed by atoms with E-state index in [0.717, 1.165) is 16.1 Å². The van der Waals surface area contributed by atoms with Crippen LogP contribution in [0.25, 0.3) is 16.9 Å². The number of H-pyrrole nitrogens is 1. The third-order valence-corrected chi connectivity index (χ3v) is 6.49. The molecule has 0 bridgehead atoms. The van der Waals surface area contributed by atoms with Crippen molar-refractivity contribution in [1.82, 2.24) is 19.5 Å². The molecule has 1 aliphatic heterocycles. The molecular weight excluding hydrogens is 408 g/mol. The van der Waals surface area contributed by atoms with Crippen LogP contribution in [0.2, 0.25) is 5.02 Å². The minimum Gasteiger partial charge on any atom is -0.332 e. The first-order valence-corrected chi connectivity index (χ1v) is 10.4. The van der Waals surface area contributed by atoms with Crippen molar-refractivity contribution in [1.29, 1.82) is 0 Å². The van der Waals surface area contributed by atoms with Crippen LogP contribution in [0, 0.1) is 6.92 Å². The summed E-state index contributed by atoms with van der Waals surface area (Å²) >= 11 is 7.78. The molecule has 0 radical (unpaired) electrons. The first kappa shape index (κ1) is 18.1. The van der Waals surface area contributed by atoms with Gasteiger partial charge in [0.05, 0.1) is 22.8 Å². The highest BCUT2D eigenvalue weighted by Crippen LogP contribution is 2.27. The number of aromatic amines is 1. The number of amides is 1. The molecule has 146 valence electrons. The van der Waals surface area contributed by atoms with Crippen LogP contribution < -0.4 is 5.56 Å². The Morgan fingerprint density at radius 1 is 1.24 bits per heavy atom.